The number of carbonyl (C=O) groups is 1. The van der Waals surface area contributed by atoms with Crippen LogP contribution >= 0.6 is 34.5 Å². The van der Waals surface area contributed by atoms with Crippen molar-refractivity contribution in [1.29, 1.82) is 0 Å². The Morgan fingerprint density at radius 3 is 2.76 bits per heavy atom. The molecular weight excluding hydrogens is 279 g/mol. The number of hydrogen-bond acceptors (Lipinski definition) is 2. The van der Waals surface area contributed by atoms with E-state index in [0.717, 1.165) is 0 Å². The molecule has 1 amide bonds. The molecule has 0 saturated heterocycles. The first-order chi connectivity index (χ1) is 8.08. The van der Waals surface area contributed by atoms with Crippen molar-refractivity contribution in [2.45, 2.75) is 0 Å². The topological polar surface area (TPSA) is 34.4 Å². The molecule has 0 N–H and O–H groups in total. The van der Waals surface area contributed by atoms with Crippen LogP contribution in [0.3, 0.4) is 0 Å². The third kappa shape index (κ3) is 2.77. The standard InChI is InChI=1S/C11H8Cl2N2OS/c1-15-4-5-17-11(15)14-10(16)8-3-2-7(12)6-9(8)13/h2-6H,1H3. The molecule has 1 aromatic carbocycles. The van der Waals surface area contributed by atoms with Crippen LogP contribution < -0.4 is 4.80 Å². The average Bonchev–Trinajstić information content (AvgIpc) is 2.64. The van der Waals surface area contributed by atoms with Crippen LogP contribution in [0.2, 0.25) is 10.0 Å². The maximum Gasteiger partial charge on any atom is 0.281 e. The van der Waals surface area contributed by atoms with Gasteiger partial charge in [0.2, 0.25) is 0 Å². The van der Waals surface area contributed by atoms with Crippen molar-refractivity contribution in [3.63, 3.8) is 0 Å². The Bertz CT molecular complexity index is 630. The SMILES string of the molecule is Cn1ccsc1=NC(=O)c1ccc(Cl)cc1Cl. The maximum absolute atomic E-state index is 11.9. The third-order valence-electron chi connectivity index (χ3n) is 2.12. The summed E-state index contributed by atoms with van der Waals surface area (Å²) in [6.07, 6.45) is 1.83. The Kier molecular flexibility index (Phi) is 3.66. The van der Waals surface area contributed by atoms with E-state index in [-0.39, 0.29) is 5.91 Å². The fraction of sp³-hybridized carbons (Fsp3) is 0.0909. The Morgan fingerprint density at radius 2 is 2.18 bits per heavy atom. The second kappa shape index (κ2) is 5.04. The summed E-state index contributed by atoms with van der Waals surface area (Å²) >= 11 is 13.1. The van der Waals surface area contributed by atoms with Crippen LogP contribution in [-0.2, 0) is 7.05 Å². The second-order valence-corrected chi connectivity index (χ2v) is 5.05. The average molecular weight is 287 g/mol. The smallest absolute Gasteiger partial charge is 0.281 e. The molecule has 1 heterocycles. The van der Waals surface area contributed by atoms with Gasteiger partial charge in [-0.05, 0) is 18.2 Å². The van der Waals surface area contributed by atoms with E-state index in [1.54, 1.807) is 16.7 Å². The number of aryl methyl sites for hydroxylation is 1. The zero-order valence-electron chi connectivity index (χ0n) is 8.85. The molecule has 2 rings (SSSR count). The fourth-order valence-corrected chi connectivity index (χ4v) is 2.46. The van der Waals surface area contributed by atoms with Crippen LogP contribution in [0.1, 0.15) is 10.4 Å². The summed E-state index contributed by atoms with van der Waals surface area (Å²) in [5, 5.41) is 2.66. The Morgan fingerprint density at radius 1 is 1.41 bits per heavy atom. The van der Waals surface area contributed by atoms with Crippen LogP contribution in [-0.4, -0.2) is 10.5 Å². The quantitative estimate of drug-likeness (QED) is 0.793. The third-order valence-corrected chi connectivity index (χ3v) is 3.51. The molecule has 0 aliphatic heterocycles. The number of carbonyl (C=O) groups excluding carboxylic acids is 1. The molecule has 0 atom stereocenters. The molecule has 88 valence electrons. The van der Waals surface area contributed by atoms with E-state index in [1.165, 1.54) is 17.4 Å². The highest BCUT2D eigenvalue weighted by atomic mass is 35.5. The maximum atomic E-state index is 11.9. The van der Waals surface area contributed by atoms with E-state index in [2.05, 4.69) is 4.99 Å². The summed E-state index contributed by atoms with van der Waals surface area (Å²) in [7, 11) is 1.83. The summed E-state index contributed by atoms with van der Waals surface area (Å²) in [4.78, 5) is 16.5. The number of nitrogens with zero attached hydrogens (tertiary/aromatic N) is 2. The second-order valence-electron chi connectivity index (χ2n) is 3.34. The van der Waals surface area contributed by atoms with Crippen LogP contribution in [0.15, 0.2) is 34.8 Å². The highest BCUT2D eigenvalue weighted by Crippen LogP contribution is 2.21. The van der Waals surface area contributed by atoms with Crippen molar-refractivity contribution in [1.82, 2.24) is 4.57 Å². The largest absolute Gasteiger partial charge is 0.327 e. The number of aromatic nitrogens is 1. The Hall–Kier alpha value is -1.10. The van der Waals surface area contributed by atoms with E-state index < -0.39 is 0 Å². The van der Waals surface area contributed by atoms with E-state index in [0.29, 0.717) is 20.4 Å². The van der Waals surface area contributed by atoms with Crippen LogP contribution in [0.5, 0.6) is 0 Å². The monoisotopic (exact) mass is 286 g/mol. The van der Waals surface area contributed by atoms with Gasteiger partial charge in [0, 0.05) is 23.6 Å². The Labute approximate surface area is 112 Å². The van der Waals surface area contributed by atoms with Gasteiger partial charge in [-0.25, -0.2) is 0 Å². The summed E-state index contributed by atoms with van der Waals surface area (Å²) in [6.45, 7) is 0. The number of amides is 1. The van der Waals surface area contributed by atoms with Crippen molar-refractivity contribution in [3.8, 4) is 0 Å². The molecule has 6 heteroatoms. The lowest BCUT2D eigenvalue weighted by molar-refractivity contribution is 0.0998. The molecule has 0 unspecified atom stereocenters. The molecule has 2 aromatic rings. The van der Waals surface area contributed by atoms with E-state index in [4.69, 9.17) is 23.2 Å². The summed E-state index contributed by atoms with van der Waals surface area (Å²) in [5.74, 6) is -0.371. The predicted molar refractivity (Wildman–Crippen MR) is 69.6 cm³/mol. The first-order valence-electron chi connectivity index (χ1n) is 4.72. The molecule has 1 aromatic heterocycles. The molecule has 0 fully saturated rings. The van der Waals surface area contributed by atoms with Crippen LogP contribution in [0.25, 0.3) is 0 Å². The summed E-state index contributed by atoms with van der Waals surface area (Å²) < 4.78 is 1.77. The predicted octanol–water partition coefficient (Wildman–Crippen LogP) is 3.13. The van der Waals surface area contributed by atoms with Crippen molar-refractivity contribution in [2.75, 3.05) is 0 Å². The van der Waals surface area contributed by atoms with E-state index >= 15 is 0 Å². The number of hydrogen-bond donors (Lipinski definition) is 0. The van der Waals surface area contributed by atoms with Gasteiger partial charge in [-0.15, -0.1) is 11.3 Å². The highest BCUT2D eigenvalue weighted by molar-refractivity contribution is 7.07. The Balaban J connectivity index is 2.43. The molecule has 0 aliphatic carbocycles. The minimum atomic E-state index is -0.371. The van der Waals surface area contributed by atoms with Gasteiger partial charge in [0.05, 0.1) is 10.6 Å². The minimum Gasteiger partial charge on any atom is -0.327 e. The molecule has 0 saturated carbocycles. The number of halogens is 2. The number of thiazole rings is 1. The first kappa shape index (κ1) is 12.4. The number of rotatable bonds is 1. The zero-order chi connectivity index (χ0) is 12.4. The lowest BCUT2D eigenvalue weighted by Gasteiger charge is -1.99. The van der Waals surface area contributed by atoms with Crippen LogP contribution in [0, 0.1) is 0 Å². The van der Waals surface area contributed by atoms with Gasteiger partial charge >= 0.3 is 0 Å². The van der Waals surface area contributed by atoms with Crippen molar-refractivity contribution in [2.24, 2.45) is 12.0 Å². The van der Waals surface area contributed by atoms with Gasteiger partial charge < -0.3 is 4.57 Å². The van der Waals surface area contributed by atoms with Gasteiger partial charge in [0.15, 0.2) is 4.80 Å². The number of benzene rings is 1. The van der Waals surface area contributed by atoms with Gasteiger partial charge in [-0.3, -0.25) is 4.79 Å². The van der Waals surface area contributed by atoms with Crippen LogP contribution in [0.4, 0.5) is 0 Å². The summed E-state index contributed by atoms with van der Waals surface area (Å²) in [6, 6.07) is 4.72. The molecule has 0 radical (unpaired) electrons. The molecule has 0 bridgehead atoms. The molecule has 0 spiro atoms. The molecule has 0 aliphatic rings. The van der Waals surface area contributed by atoms with Crippen molar-refractivity contribution in [3.05, 3.63) is 50.2 Å². The molecule has 3 nitrogen and oxygen atoms in total. The normalized spacial score (nSPS) is 11.8. The van der Waals surface area contributed by atoms with Gasteiger partial charge in [-0.2, -0.15) is 4.99 Å². The van der Waals surface area contributed by atoms with E-state index in [1.807, 2.05) is 18.6 Å². The van der Waals surface area contributed by atoms with E-state index in [9.17, 15) is 4.79 Å². The van der Waals surface area contributed by atoms with Gasteiger partial charge in [0.25, 0.3) is 5.91 Å². The fourth-order valence-electron chi connectivity index (χ4n) is 1.24. The summed E-state index contributed by atoms with van der Waals surface area (Å²) in [5.41, 5.74) is 0.351. The lowest BCUT2D eigenvalue weighted by Crippen LogP contribution is -2.12. The van der Waals surface area contributed by atoms with Gasteiger partial charge in [-0.1, -0.05) is 23.2 Å². The van der Waals surface area contributed by atoms with Gasteiger partial charge in [0.1, 0.15) is 0 Å². The van der Waals surface area contributed by atoms with Crippen molar-refractivity contribution >= 4 is 40.4 Å². The minimum absolute atomic E-state index is 0.311. The zero-order valence-corrected chi connectivity index (χ0v) is 11.2. The lowest BCUT2D eigenvalue weighted by atomic mass is 10.2. The highest BCUT2D eigenvalue weighted by Gasteiger charge is 2.09. The molecule has 17 heavy (non-hydrogen) atoms. The molecular formula is C11H8Cl2N2OS. The van der Waals surface area contributed by atoms with Crippen molar-refractivity contribution < 1.29 is 4.79 Å². The first-order valence-corrected chi connectivity index (χ1v) is 6.36.